The van der Waals surface area contributed by atoms with E-state index in [2.05, 4.69) is 12.6 Å². The van der Waals surface area contributed by atoms with Crippen molar-refractivity contribution >= 4 is 47.6 Å². The van der Waals surface area contributed by atoms with Gasteiger partial charge in [-0.1, -0.05) is 6.07 Å². The summed E-state index contributed by atoms with van der Waals surface area (Å²) < 4.78 is 0. The molecule has 0 saturated carbocycles. The number of rotatable bonds is 4. The Hall–Kier alpha value is -0.660. The molecule has 1 aliphatic heterocycles. The fourth-order valence-corrected chi connectivity index (χ4v) is 4.48. The third-order valence-electron chi connectivity index (χ3n) is 2.69. The molecule has 1 N–H and O–H groups in total. The molecule has 0 bridgehead atoms. The Balaban J connectivity index is 2.25. The van der Waals surface area contributed by atoms with Crippen molar-refractivity contribution in [1.29, 1.82) is 0 Å². The molecule has 2 rings (SSSR count). The zero-order valence-electron chi connectivity index (χ0n) is 9.48. The summed E-state index contributed by atoms with van der Waals surface area (Å²) in [5, 5.41) is 11.0. The Kier molecular flexibility index (Phi) is 4.58. The fourth-order valence-electron chi connectivity index (χ4n) is 1.88. The molecule has 0 aromatic carbocycles. The Morgan fingerprint density at radius 2 is 2.33 bits per heavy atom. The van der Waals surface area contributed by atoms with Crippen molar-refractivity contribution in [2.24, 2.45) is 0 Å². The van der Waals surface area contributed by atoms with Gasteiger partial charge in [0.1, 0.15) is 11.4 Å². The van der Waals surface area contributed by atoms with E-state index in [0.29, 0.717) is 11.5 Å². The van der Waals surface area contributed by atoms with Crippen LogP contribution in [0.3, 0.4) is 0 Å². The number of amides is 1. The molecule has 2 heterocycles. The van der Waals surface area contributed by atoms with Crippen molar-refractivity contribution < 1.29 is 14.7 Å². The van der Waals surface area contributed by atoms with Gasteiger partial charge in [0.2, 0.25) is 5.91 Å². The van der Waals surface area contributed by atoms with Crippen LogP contribution in [-0.4, -0.2) is 39.4 Å². The van der Waals surface area contributed by atoms with Gasteiger partial charge in [-0.2, -0.15) is 12.6 Å². The standard InChI is InChI=1S/C11H13NO3S3/c13-9(3-4-16)12-7(11(14)15)6-18-10(12)8-2-1-5-17-8/h1-2,5,7,10,16H,3-4,6H2,(H,14,15)/t7-,10?/m0/s1. The van der Waals surface area contributed by atoms with Crippen molar-refractivity contribution in [3.63, 3.8) is 0 Å². The third-order valence-corrected chi connectivity index (χ3v) is 5.29. The summed E-state index contributed by atoms with van der Waals surface area (Å²) in [6.07, 6.45) is 0.273. The molecule has 2 atom stereocenters. The van der Waals surface area contributed by atoms with Gasteiger partial charge in [0, 0.05) is 17.1 Å². The summed E-state index contributed by atoms with van der Waals surface area (Å²) in [6.45, 7) is 0. The van der Waals surface area contributed by atoms with E-state index in [4.69, 9.17) is 0 Å². The van der Waals surface area contributed by atoms with E-state index in [1.807, 2.05) is 17.5 Å². The molecule has 1 saturated heterocycles. The highest BCUT2D eigenvalue weighted by atomic mass is 32.2. The lowest BCUT2D eigenvalue weighted by molar-refractivity contribution is -0.149. The van der Waals surface area contributed by atoms with E-state index in [-0.39, 0.29) is 17.7 Å². The van der Waals surface area contributed by atoms with Crippen LogP contribution in [0.2, 0.25) is 0 Å². The van der Waals surface area contributed by atoms with Crippen molar-refractivity contribution in [2.75, 3.05) is 11.5 Å². The summed E-state index contributed by atoms with van der Waals surface area (Å²) in [5.41, 5.74) is 0. The van der Waals surface area contributed by atoms with Crippen molar-refractivity contribution in [2.45, 2.75) is 17.8 Å². The van der Waals surface area contributed by atoms with Crippen LogP contribution in [0.4, 0.5) is 0 Å². The molecule has 1 aromatic rings. The van der Waals surface area contributed by atoms with Crippen molar-refractivity contribution in [3.05, 3.63) is 22.4 Å². The number of nitrogens with zero attached hydrogens (tertiary/aromatic N) is 1. The Labute approximate surface area is 119 Å². The van der Waals surface area contributed by atoms with Crippen LogP contribution in [0.25, 0.3) is 0 Å². The maximum absolute atomic E-state index is 12.1. The Morgan fingerprint density at radius 3 is 2.89 bits per heavy atom. The van der Waals surface area contributed by atoms with E-state index < -0.39 is 12.0 Å². The fraction of sp³-hybridized carbons (Fsp3) is 0.455. The van der Waals surface area contributed by atoms with Crippen LogP contribution >= 0.6 is 35.7 Å². The van der Waals surface area contributed by atoms with Crippen LogP contribution in [0.5, 0.6) is 0 Å². The number of carbonyl (C=O) groups is 2. The first-order valence-electron chi connectivity index (χ1n) is 5.45. The lowest BCUT2D eigenvalue weighted by Crippen LogP contribution is -2.42. The number of carboxylic acid groups (broad SMARTS) is 1. The van der Waals surface area contributed by atoms with E-state index in [1.54, 1.807) is 11.3 Å². The molecule has 98 valence electrons. The van der Waals surface area contributed by atoms with Gasteiger partial charge >= 0.3 is 5.97 Å². The Bertz CT molecular complexity index is 435. The van der Waals surface area contributed by atoms with Crippen LogP contribution in [0.1, 0.15) is 16.7 Å². The highest BCUT2D eigenvalue weighted by Crippen LogP contribution is 2.43. The Morgan fingerprint density at radius 1 is 1.56 bits per heavy atom. The van der Waals surface area contributed by atoms with Gasteiger partial charge in [-0.15, -0.1) is 23.1 Å². The molecule has 4 nitrogen and oxygen atoms in total. The first kappa shape index (κ1) is 13.8. The zero-order valence-corrected chi connectivity index (χ0v) is 12.0. The number of carboxylic acids is 1. The van der Waals surface area contributed by atoms with Crippen LogP contribution in [0.15, 0.2) is 17.5 Å². The molecule has 18 heavy (non-hydrogen) atoms. The van der Waals surface area contributed by atoms with E-state index in [9.17, 15) is 14.7 Å². The molecular formula is C11H13NO3S3. The summed E-state index contributed by atoms with van der Waals surface area (Å²) >= 11 is 7.09. The summed E-state index contributed by atoms with van der Waals surface area (Å²) in [6, 6.07) is 3.12. The van der Waals surface area contributed by atoms with Crippen LogP contribution in [-0.2, 0) is 9.59 Å². The SMILES string of the molecule is O=C(O)[C@@H]1CSC(c2cccs2)N1C(=O)CCS. The number of thiophene rings is 1. The second-order valence-corrected chi connectivity index (χ2v) is 6.37. The normalized spacial score (nSPS) is 23.3. The smallest absolute Gasteiger partial charge is 0.327 e. The maximum atomic E-state index is 12.1. The number of aliphatic carboxylic acids is 1. The topological polar surface area (TPSA) is 57.6 Å². The van der Waals surface area contributed by atoms with E-state index >= 15 is 0 Å². The largest absolute Gasteiger partial charge is 0.480 e. The van der Waals surface area contributed by atoms with Gasteiger partial charge in [-0.3, -0.25) is 4.79 Å². The van der Waals surface area contributed by atoms with Crippen LogP contribution < -0.4 is 0 Å². The van der Waals surface area contributed by atoms with Gasteiger partial charge in [0.15, 0.2) is 0 Å². The minimum atomic E-state index is -0.936. The number of carbonyl (C=O) groups excluding carboxylic acids is 1. The molecule has 0 spiro atoms. The molecule has 7 heteroatoms. The van der Waals surface area contributed by atoms with Gasteiger partial charge in [-0.25, -0.2) is 4.79 Å². The minimum absolute atomic E-state index is 0.138. The van der Waals surface area contributed by atoms with Gasteiger partial charge in [0.25, 0.3) is 0 Å². The second-order valence-electron chi connectivity index (χ2n) is 3.83. The number of hydrogen-bond donors (Lipinski definition) is 2. The molecule has 0 radical (unpaired) electrons. The minimum Gasteiger partial charge on any atom is -0.480 e. The first-order chi connectivity index (χ1) is 8.65. The second kappa shape index (κ2) is 5.99. The monoisotopic (exact) mass is 303 g/mol. The predicted octanol–water partition coefficient (Wildman–Crippen LogP) is 2.10. The molecule has 1 fully saturated rings. The quantitative estimate of drug-likeness (QED) is 0.836. The molecule has 1 amide bonds. The lowest BCUT2D eigenvalue weighted by atomic mass is 10.2. The average molecular weight is 303 g/mol. The van der Waals surface area contributed by atoms with Gasteiger partial charge in [-0.05, 0) is 17.2 Å². The average Bonchev–Trinajstić information content (AvgIpc) is 2.97. The predicted molar refractivity (Wildman–Crippen MR) is 76.3 cm³/mol. The number of hydrogen-bond acceptors (Lipinski definition) is 5. The van der Waals surface area contributed by atoms with E-state index in [1.165, 1.54) is 16.7 Å². The molecule has 0 aliphatic carbocycles. The summed E-state index contributed by atoms with van der Waals surface area (Å²) in [5.74, 6) is -0.199. The molecule has 1 unspecified atom stereocenters. The third kappa shape index (κ3) is 2.67. The first-order valence-corrected chi connectivity index (χ1v) is 8.01. The lowest BCUT2D eigenvalue weighted by Gasteiger charge is -2.26. The molecular weight excluding hydrogens is 290 g/mol. The van der Waals surface area contributed by atoms with Crippen molar-refractivity contribution in [3.8, 4) is 0 Å². The van der Waals surface area contributed by atoms with Crippen molar-refractivity contribution in [1.82, 2.24) is 4.90 Å². The van der Waals surface area contributed by atoms with Crippen LogP contribution in [0, 0.1) is 0 Å². The van der Waals surface area contributed by atoms with E-state index in [0.717, 1.165) is 4.88 Å². The number of thioether (sulfide) groups is 1. The summed E-state index contributed by atoms with van der Waals surface area (Å²) in [7, 11) is 0. The number of thiol groups is 1. The van der Waals surface area contributed by atoms with Gasteiger partial charge < -0.3 is 10.0 Å². The molecule has 1 aromatic heterocycles. The van der Waals surface area contributed by atoms with Gasteiger partial charge in [0.05, 0.1) is 0 Å². The highest BCUT2D eigenvalue weighted by molar-refractivity contribution is 7.99. The summed E-state index contributed by atoms with van der Waals surface area (Å²) in [4.78, 5) is 25.8. The highest BCUT2D eigenvalue weighted by Gasteiger charge is 2.42. The maximum Gasteiger partial charge on any atom is 0.327 e. The zero-order chi connectivity index (χ0) is 13.1. The molecule has 1 aliphatic rings.